The normalized spacial score (nSPS) is 13.3. The lowest BCUT2D eigenvalue weighted by Crippen LogP contribution is -2.22. The van der Waals surface area contributed by atoms with Gasteiger partial charge in [0.05, 0.1) is 12.2 Å². The van der Waals surface area contributed by atoms with E-state index in [1.165, 1.54) is 26.2 Å². The summed E-state index contributed by atoms with van der Waals surface area (Å²) in [6, 6.07) is 2.97. The molecule has 8 heteroatoms. The summed E-state index contributed by atoms with van der Waals surface area (Å²) in [6.45, 7) is 3.82. The molecule has 1 heterocycles. The van der Waals surface area contributed by atoms with Gasteiger partial charge in [0.15, 0.2) is 17.2 Å². The summed E-state index contributed by atoms with van der Waals surface area (Å²) in [5.41, 5.74) is 0.0762. The zero-order valence-corrected chi connectivity index (χ0v) is 13.1. The van der Waals surface area contributed by atoms with E-state index in [2.05, 4.69) is 5.16 Å². The standard InChI is InChI=1S/C15H17NO7/c1-4-20-15(18)14(16-19-3)10-7-12-13(22-6-5-21-12)8-11(10)23-9(2)17/h7-8H,4-6H2,1-3H3/b16-14-. The number of hydrogen-bond donors (Lipinski definition) is 0. The molecule has 0 saturated heterocycles. The fraction of sp³-hybridized carbons (Fsp3) is 0.400. The lowest BCUT2D eigenvalue weighted by atomic mass is 10.1. The average molecular weight is 323 g/mol. The van der Waals surface area contributed by atoms with E-state index < -0.39 is 11.9 Å². The van der Waals surface area contributed by atoms with Crippen molar-refractivity contribution < 1.29 is 33.4 Å². The van der Waals surface area contributed by atoms with Crippen molar-refractivity contribution in [3.8, 4) is 17.2 Å². The van der Waals surface area contributed by atoms with Crippen LogP contribution in [0.1, 0.15) is 19.4 Å². The van der Waals surface area contributed by atoms with Gasteiger partial charge in [-0.05, 0) is 13.0 Å². The molecule has 0 atom stereocenters. The minimum absolute atomic E-state index is 0.102. The van der Waals surface area contributed by atoms with Gasteiger partial charge in [-0.15, -0.1) is 0 Å². The number of oxime groups is 1. The van der Waals surface area contributed by atoms with Crippen molar-refractivity contribution in [2.45, 2.75) is 13.8 Å². The van der Waals surface area contributed by atoms with E-state index in [0.717, 1.165) is 0 Å². The van der Waals surface area contributed by atoms with Crippen LogP contribution in [0.15, 0.2) is 17.3 Å². The summed E-state index contributed by atoms with van der Waals surface area (Å²) in [4.78, 5) is 28.1. The molecule has 1 aliphatic heterocycles. The molecule has 1 aromatic rings. The maximum absolute atomic E-state index is 12.1. The molecule has 0 amide bonds. The number of rotatable bonds is 5. The van der Waals surface area contributed by atoms with Crippen molar-refractivity contribution >= 4 is 17.7 Å². The lowest BCUT2D eigenvalue weighted by Gasteiger charge is -2.20. The van der Waals surface area contributed by atoms with E-state index in [-0.39, 0.29) is 23.6 Å². The molecule has 0 bridgehead atoms. The Hall–Kier alpha value is -2.77. The first-order valence-electron chi connectivity index (χ1n) is 6.97. The van der Waals surface area contributed by atoms with Crippen molar-refractivity contribution in [1.82, 2.24) is 0 Å². The molecule has 23 heavy (non-hydrogen) atoms. The Balaban J connectivity index is 2.54. The lowest BCUT2D eigenvalue weighted by molar-refractivity contribution is -0.135. The van der Waals surface area contributed by atoms with E-state index in [4.69, 9.17) is 23.8 Å². The Morgan fingerprint density at radius 2 is 1.87 bits per heavy atom. The smallest absolute Gasteiger partial charge is 0.361 e. The van der Waals surface area contributed by atoms with Crippen LogP contribution in [0.5, 0.6) is 17.2 Å². The minimum Gasteiger partial charge on any atom is -0.486 e. The van der Waals surface area contributed by atoms with Crippen molar-refractivity contribution in [3.05, 3.63) is 17.7 Å². The van der Waals surface area contributed by atoms with Gasteiger partial charge in [0, 0.05) is 13.0 Å². The molecule has 0 fully saturated rings. The quantitative estimate of drug-likeness (QED) is 0.349. The van der Waals surface area contributed by atoms with Crippen LogP contribution in [0.2, 0.25) is 0 Å². The zero-order valence-electron chi connectivity index (χ0n) is 13.1. The first-order chi connectivity index (χ1) is 11.1. The van der Waals surface area contributed by atoms with Crippen LogP contribution in [-0.4, -0.2) is 44.6 Å². The van der Waals surface area contributed by atoms with Crippen molar-refractivity contribution in [1.29, 1.82) is 0 Å². The van der Waals surface area contributed by atoms with Crippen LogP contribution in [-0.2, 0) is 19.2 Å². The molecule has 0 spiro atoms. The Morgan fingerprint density at radius 3 is 2.43 bits per heavy atom. The van der Waals surface area contributed by atoms with E-state index >= 15 is 0 Å². The predicted octanol–water partition coefficient (Wildman–Crippen LogP) is 1.30. The molecular weight excluding hydrogens is 306 g/mol. The minimum atomic E-state index is -0.709. The molecular formula is C15H17NO7. The molecule has 0 aliphatic carbocycles. The number of hydrogen-bond acceptors (Lipinski definition) is 8. The third kappa shape index (κ3) is 3.91. The fourth-order valence-electron chi connectivity index (χ4n) is 1.98. The largest absolute Gasteiger partial charge is 0.486 e. The van der Waals surface area contributed by atoms with E-state index in [9.17, 15) is 9.59 Å². The molecule has 1 aromatic carbocycles. The molecule has 8 nitrogen and oxygen atoms in total. The highest BCUT2D eigenvalue weighted by atomic mass is 16.6. The molecule has 124 valence electrons. The van der Waals surface area contributed by atoms with Crippen molar-refractivity contribution in [3.63, 3.8) is 0 Å². The maximum atomic E-state index is 12.1. The van der Waals surface area contributed by atoms with Gasteiger partial charge in [0.2, 0.25) is 0 Å². The SMILES string of the molecule is CCOC(=O)/C(=N\OC)c1cc2c(cc1OC(C)=O)OCCO2. The second-order valence-electron chi connectivity index (χ2n) is 4.43. The second-order valence-corrected chi connectivity index (χ2v) is 4.43. The third-order valence-corrected chi connectivity index (χ3v) is 2.80. The van der Waals surface area contributed by atoms with Crippen molar-refractivity contribution in [2.75, 3.05) is 26.9 Å². The summed E-state index contributed by atoms with van der Waals surface area (Å²) < 4.78 is 21.0. The first-order valence-corrected chi connectivity index (χ1v) is 6.97. The van der Waals surface area contributed by atoms with E-state index in [0.29, 0.717) is 24.7 Å². The second kappa shape index (κ2) is 7.48. The molecule has 0 saturated carbocycles. The Kier molecular flexibility index (Phi) is 5.40. The van der Waals surface area contributed by atoms with Crippen LogP contribution < -0.4 is 14.2 Å². The predicted molar refractivity (Wildman–Crippen MR) is 78.9 cm³/mol. The van der Waals surface area contributed by atoms with Gasteiger partial charge < -0.3 is 23.8 Å². The van der Waals surface area contributed by atoms with Crippen LogP contribution in [0.25, 0.3) is 0 Å². The van der Waals surface area contributed by atoms with Gasteiger partial charge in [0.1, 0.15) is 26.1 Å². The number of carbonyl (C=O) groups excluding carboxylic acids is 2. The summed E-state index contributed by atoms with van der Waals surface area (Å²) >= 11 is 0. The first kappa shape index (κ1) is 16.6. The Bertz CT molecular complexity index is 639. The van der Waals surface area contributed by atoms with Gasteiger partial charge >= 0.3 is 11.9 Å². The number of benzene rings is 1. The summed E-state index contributed by atoms with van der Waals surface area (Å²) in [5, 5.41) is 3.68. The van der Waals surface area contributed by atoms with Gasteiger partial charge in [-0.3, -0.25) is 4.79 Å². The topological polar surface area (TPSA) is 92.7 Å². The highest BCUT2D eigenvalue weighted by molar-refractivity contribution is 6.44. The van der Waals surface area contributed by atoms with E-state index in [1.807, 2.05) is 0 Å². The van der Waals surface area contributed by atoms with E-state index in [1.54, 1.807) is 6.92 Å². The van der Waals surface area contributed by atoms with Gasteiger partial charge in [-0.2, -0.15) is 0 Å². The number of ether oxygens (including phenoxy) is 4. The third-order valence-electron chi connectivity index (χ3n) is 2.80. The fourth-order valence-corrected chi connectivity index (χ4v) is 1.98. The van der Waals surface area contributed by atoms with Crippen LogP contribution in [0, 0.1) is 0 Å². The monoisotopic (exact) mass is 323 g/mol. The maximum Gasteiger partial charge on any atom is 0.361 e. The number of fused-ring (bicyclic) bond motifs is 1. The number of nitrogens with zero attached hydrogens (tertiary/aromatic N) is 1. The highest BCUT2D eigenvalue weighted by Gasteiger charge is 2.26. The summed E-state index contributed by atoms with van der Waals surface area (Å²) in [7, 11) is 1.29. The van der Waals surface area contributed by atoms with Crippen LogP contribution in [0.4, 0.5) is 0 Å². The van der Waals surface area contributed by atoms with Crippen molar-refractivity contribution in [2.24, 2.45) is 5.16 Å². The molecule has 0 N–H and O–H groups in total. The van der Waals surface area contributed by atoms with Gasteiger partial charge in [0.25, 0.3) is 0 Å². The molecule has 0 aromatic heterocycles. The molecule has 0 unspecified atom stereocenters. The van der Waals surface area contributed by atoms with Gasteiger partial charge in [-0.25, -0.2) is 4.79 Å². The van der Waals surface area contributed by atoms with Crippen LogP contribution >= 0.6 is 0 Å². The Labute approximate surface area is 132 Å². The zero-order chi connectivity index (χ0) is 16.8. The van der Waals surface area contributed by atoms with Crippen LogP contribution in [0.3, 0.4) is 0 Å². The molecule has 2 rings (SSSR count). The highest BCUT2D eigenvalue weighted by Crippen LogP contribution is 2.37. The molecule has 1 aliphatic rings. The Morgan fingerprint density at radius 1 is 1.22 bits per heavy atom. The summed E-state index contributed by atoms with van der Waals surface area (Å²) in [5.74, 6) is -0.333. The molecule has 0 radical (unpaired) electrons. The average Bonchev–Trinajstić information content (AvgIpc) is 2.52. The number of esters is 2. The van der Waals surface area contributed by atoms with Gasteiger partial charge in [-0.1, -0.05) is 5.16 Å². The summed E-state index contributed by atoms with van der Waals surface area (Å²) in [6.07, 6.45) is 0. The number of carbonyl (C=O) groups is 2.